The topological polar surface area (TPSA) is 78.6 Å². The van der Waals surface area contributed by atoms with Crippen LogP contribution in [-0.2, 0) is 4.79 Å². The molecule has 0 heterocycles. The molecule has 0 aliphatic heterocycles. The van der Waals surface area contributed by atoms with Gasteiger partial charge in [-0.15, -0.1) is 0 Å². The first-order valence-electron chi connectivity index (χ1n) is 6.93. The van der Waals surface area contributed by atoms with Gasteiger partial charge < -0.3 is 16.2 Å². The molecule has 1 rings (SSSR count). The molecular formula is C15H24ClN3O2. The van der Waals surface area contributed by atoms with Crippen LogP contribution < -0.4 is 11.1 Å². The van der Waals surface area contributed by atoms with Gasteiger partial charge >= 0.3 is 0 Å². The van der Waals surface area contributed by atoms with E-state index in [1.165, 1.54) is 0 Å². The van der Waals surface area contributed by atoms with Crippen LogP contribution in [0.25, 0.3) is 0 Å². The molecule has 0 saturated heterocycles. The van der Waals surface area contributed by atoms with Crippen molar-refractivity contribution in [2.75, 3.05) is 31.2 Å². The second-order valence-electron chi connectivity index (χ2n) is 5.78. The molecule has 0 spiro atoms. The third-order valence-corrected chi connectivity index (χ3v) is 3.94. The van der Waals surface area contributed by atoms with Crippen molar-refractivity contribution in [1.82, 2.24) is 4.90 Å². The van der Waals surface area contributed by atoms with Gasteiger partial charge in [0.15, 0.2) is 0 Å². The number of nitrogens with zero attached hydrogens (tertiary/aromatic N) is 1. The Morgan fingerprint density at radius 2 is 2.14 bits per heavy atom. The highest BCUT2D eigenvalue weighted by Crippen LogP contribution is 2.22. The Balaban J connectivity index is 2.39. The van der Waals surface area contributed by atoms with Crippen molar-refractivity contribution in [3.05, 3.63) is 23.2 Å². The fraction of sp³-hybridized carbons (Fsp3) is 0.533. The van der Waals surface area contributed by atoms with Gasteiger partial charge in [-0.2, -0.15) is 0 Å². The summed E-state index contributed by atoms with van der Waals surface area (Å²) in [6.07, 6.45) is 1.13. The fourth-order valence-corrected chi connectivity index (χ4v) is 1.86. The Morgan fingerprint density at radius 1 is 1.48 bits per heavy atom. The quantitative estimate of drug-likeness (QED) is 0.675. The monoisotopic (exact) mass is 313 g/mol. The molecule has 0 aliphatic carbocycles. The number of nitrogens with one attached hydrogen (secondary N) is 1. The third kappa shape index (κ3) is 5.53. The van der Waals surface area contributed by atoms with Crippen molar-refractivity contribution in [2.45, 2.75) is 32.2 Å². The summed E-state index contributed by atoms with van der Waals surface area (Å²) in [4.78, 5) is 13.9. The van der Waals surface area contributed by atoms with Crippen LogP contribution in [0.2, 0.25) is 5.02 Å². The minimum absolute atomic E-state index is 0.0630. The van der Waals surface area contributed by atoms with E-state index in [2.05, 4.69) is 5.32 Å². The summed E-state index contributed by atoms with van der Waals surface area (Å²) < 4.78 is 0. The van der Waals surface area contributed by atoms with Crippen LogP contribution in [0.1, 0.15) is 26.7 Å². The molecule has 0 aromatic heterocycles. The molecular weight excluding hydrogens is 290 g/mol. The van der Waals surface area contributed by atoms with Gasteiger partial charge in [0.1, 0.15) is 0 Å². The van der Waals surface area contributed by atoms with Crippen molar-refractivity contribution in [3.63, 3.8) is 0 Å². The smallest absolute Gasteiger partial charge is 0.224 e. The standard InChI is InChI=1S/C15H24ClN3O2/c1-15(2,10-20)19(3)8-4-5-14(21)18-11-6-7-12(16)13(17)9-11/h6-7,9,20H,4-5,8,10,17H2,1-3H3,(H,18,21). The molecule has 0 atom stereocenters. The van der Waals surface area contributed by atoms with Crippen molar-refractivity contribution in [3.8, 4) is 0 Å². The molecule has 4 N–H and O–H groups in total. The molecule has 1 aromatic rings. The Hall–Kier alpha value is -1.30. The zero-order valence-corrected chi connectivity index (χ0v) is 13.6. The maximum atomic E-state index is 11.9. The first-order valence-corrected chi connectivity index (χ1v) is 7.31. The van der Waals surface area contributed by atoms with Gasteiger partial charge in [0, 0.05) is 17.6 Å². The predicted octanol–water partition coefficient (Wildman–Crippen LogP) is 2.34. The molecule has 21 heavy (non-hydrogen) atoms. The SMILES string of the molecule is CN(CCCC(=O)Nc1ccc(Cl)c(N)c1)C(C)(C)CO. The predicted molar refractivity (Wildman–Crippen MR) is 87.5 cm³/mol. The van der Waals surface area contributed by atoms with E-state index in [-0.39, 0.29) is 18.1 Å². The zero-order valence-electron chi connectivity index (χ0n) is 12.8. The molecule has 0 saturated carbocycles. The number of likely N-dealkylation sites (N-methyl/N-ethyl adjacent to an activating group) is 1. The van der Waals surface area contributed by atoms with Gasteiger partial charge in [0.25, 0.3) is 0 Å². The molecule has 0 bridgehead atoms. The van der Waals surface area contributed by atoms with Gasteiger partial charge in [0.05, 0.1) is 17.3 Å². The molecule has 118 valence electrons. The Labute approximate surface area is 131 Å². The number of nitrogens with two attached hydrogens (primary N) is 1. The Bertz CT molecular complexity index is 492. The summed E-state index contributed by atoms with van der Waals surface area (Å²) in [7, 11) is 1.94. The molecule has 0 unspecified atom stereocenters. The van der Waals surface area contributed by atoms with E-state index in [4.69, 9.17) is 17.3 Å². The van der Waals surface area contributed by atoms with Gasteiger partial charge in [-0.3, -0.25) is 9.69 Å². The number of halogens is 1. The number of carbonyl (C=O) groups is 1. The molecule has 1 amide bonds. The highest BCUT2D eigenvalue weighted by atomic mass is 35.5. The maximum Gasteiger partial charge on any atom is 0.224 e. The van der Waals surface area contributed by atoms with Crippen LogP contribution in [0.4, 0.5) is 11.4 Å². The average Bonchev–Trinajstić information content (AvgIpc) is 2.42. The summed E-state index contributed by atoms with van der Waals surface area (Å²) in [6.45, 7) is 4.75. The van der Waals surface area contributed by atoms with Gasteiger partial charge in [0.2, 0.25) is 5.91 Å². The van der Waals surface area contributed by atoms with Crippen LogP contribution in [0.3, 0.4) is 0 Å². The van der Waals surface area contributed by atoms with Crippen molar-refractivity contribution in [1.29, 1.82) is 0 Å². The van der Waals surface area contributed by atoms with Gasteiger partial charge in [-0.25, -0.2) is 0 Å². The summed E-state index contributed by atoms with van der Waals surface area (Å²) in [5, 5.41) is 12.5. The number of benzene rings is 1. The van der Waals surface area contributed by atoms with E-state index in [1.54, 1.807) is 18.2 Å². The maximum absolute atomic E-state index is 11.9. The molecule has 5 nitrogen and oxygen atoms in total. The third-order valence-electron chi connectivity index (χ3n) is 3.60. The number of aliphatic hydroxyl groups is 1. The highest BCUT2D eigenvalue weighted by Gasteiger charge is 2.21. The summed E-state index contributed by atoms with van der Waals surface area (Å²) >= 11 is 5.83. The van der Waals surface area contributed by atoms with Crippen molar-refractivity contribution in [2.24, 2.45) is 0 Å². The van der Waals surface area contributed by atoms with Gasteiger partial charge in [-0.1, -0.05) is 11.6 Å². The van der Waals surface area contributed by atoms with E-state index in [1.807, 2.05) is 25.8 Å². The molecule has 6 heteroatoms. The van der Waals surface area contributed by atoms with E-state index >= 15 is 0 Å². The minimum atomic E-state index is -0.277. The molecule has 0 radical (unpaired) electrons. The van der Waals surface area contributed by atoms with Crippen LogP contribution in [0, 0.1) is 0 Å². The van der Waals surface area contributed by atoms with E-state index in [9.17, 15) is 9.90 Å². The number of hydrogen-bond acceptors (Lipinski definition) is 4. The Morgan fingerprint density at radius 3 is 2.71 bits per heavy atom. The number of aliphatic hydroxyl groups excluding tert-OH is 1. The van der Waals surface area contributed by atoms with Crippen LogP contribution in [0.5, 0.6) is 0 Å². The molecule has 0 aliphatic rings. The average molecular weight is 314 g/mol. The molecule has 1 aromatic carbocycles. The minimum Gasteiger partial charge on any atom is -0.397 e. The van der Waals surface area contributed by atoms with E-state index < -0.39 is 0 Å². The second-order valence-corrected chi connectivity index (χ2v) is 6.19. The summed E-state index contributed by atoms with van der Waals surface area (Å²) in [6, 6.07) is 5.02. The first kappa shape index (κ1) is 17.8. The highest BCUT2D eigenvalue weighted by molar-refractivity contribution is 6.33. The van der Waals surface area contributed by atoms with E-state index in [0.29, 0.717) is 22.8 Å². The Kier molecular flexibility index (Phi) is 6.45. The summed E-state index contributed by atoms with van der Waals surface area (Å²) in [5.41, 5.74) is 6.50. The normalized spacial score (nSPS) is 11.7. The number of nitrogen functional groups attached to an aromatic ring is 1. The lowest BCUT2D eigenvalue weighted by molar-refractivity contribution is -0.116. The number of anilines is 2. The lowest BCUT2D eigenvalue weighted by Crippen LogP contribution is -2.44. The lowest BCUT2D eigenvalue weighted by atomic mass is 10.0. The fourth-order valence-electron chi connectivity index (χ4n) is 1.75. The first-order chi connectivity index (χ1) is 9.76. The number of carbonyl (C=O) groups excluding carboxylic acids is 1. The van der Waals surface area contributed by atoms with Gasteiger partial charge in [-0.05, 0) is 52.1 Å². The molecule has 0 fully saturated rings. The van der Waals surface area contributed by atoms with Crippen molar-refractivity contribution < 1.29 is 9.90 Å². The van der Waals surface area contributed by atoms with Crippen molar-refractivity contribution >= 4 is 28.9 Å². The number of rotatable bonds is 7. The number of amides is 1. The lowest BCUT2D eigenvalue weighted by Gasteiger charge is -2.33. The largest absolute Gasteiger partial charge is 0.397 e. The summed E-state index contributed by atoms with van der Waals surface area (Å²) in [5.74, 6) is -0.0630. The van der Waals surface area contributed by atoms with Crippen LogP contribution in [-0.4, -0.2) is 41.7 Å². The number of hydrogen-bond donors (Lipinski definition) is 3. The van der Waals surface area contributed by atoms with Crippen LogP contribution in [0.15, 0.2) is 18.2 Å². The zero-order chi connectivity index (χ0) is 16.0. The second kappa shape index (κ2) is 7.64. The van der Waals surface area contributed by atoms with Crippen LogP contribution >= 0.6 is 11.6 Å². The van der Waals surface area contributed by atoms with E-state index in [0.717, 1.165) is 13.0 Å².